The molecule has 1 fully saturated rings. The molecule has 0 aromatic heterocycles. The highest BCUT2D eigenvalue weighted by atomic mass is 32.2. The molecule has 1 aromatic rings. The quantitative estimate of drug-likeness (QED) is 0.862. The van der Waals surface area contributed by atoms with E-state index in [0.717, 1.165) is 38.4 Å². The Labute approximate surface area is 113 Å². The molecule has 2 rings (SSSR count). The zero-order valence-corrected chi connectivity index (χ0v) is 11.5. The van der Waals surface area contributed by atoms with Crippen LogP contribution < -0.4 is 10.0 Å². The van der Waals surface area contributed by atoms with Gasteiger partial charge in [-0.15, -0.1) is 0 Å². The maximum Gasteiger partial charge on any atom is 0.243 e. The van der Waals surface area contributed by atoms with Crippen molar-refractivity contribution in [3.05, 3.63) is 30.1 Å². The van der Waals surface area contributed by atoms with Gasteiger partial charge in [0.05, 0.1) is 0 Å². The zero-order valence-electron chi connectivity index (χ0n) is 10.7. The molecule has 6 heteroatoms. The van der Waals surface area contributed by atoms with Crippen molar-refractivity contribution < 1.29 is 12.8 Å². The molecule has 0 bridgehead atoms. The summed E-state index contributed by atoms with van der Waals surface area (Å²) in [7, 11) is -3.74. The minimum atomic E-state index is -3.74. The van der Waals surface area contributed by atoms with Crippen molar-refractivity contribution in [1.29, 1.82) is 0 Å². The van der Waals surface area contributed by atoms with E-state index in [-0.39, 0.29) is 4.90 Å². The molecule has 1 aliphatic heterocycles. The number of piperidine rings is 1. The van der Waals surface area contributed by atoms with Gasteiger partial charge in [0.2, 0.25) is 10.0 Å². The van der Waals surface area contributed by atoms with Crippen LogP contribution in [0.3, 0.4) is 0 Å². The van der Waals surface area contributed by atoms with Crippen LogP contribution in [0.4, 0.5) is 4.39 Å². The summed E-state index contributed by atoms with van der Waals surface area (Å²) >= 11 is 0. The highest BCUT2D eigenvalue weighted by Crippen LogP contribution is 2.15. The van der Waals surface area contributed by atoms with E-state index in [4.69, 9.17) is 0 Å². The van der Waals surface area contributed by atoms with Crippen molar-refractivity contribution in [3.63, 3.8) is 0 Å². The number of hydrogen-bond donors (Lipinski definition) is 2. The predicted octanol–water partition coefficient (Wildman–Crippen LogP) is 1.49. The molecule has 1 aromatic carbocycles. The van der Waals surface area contributed by atoms with Crippen molar-refractivity contribution in [1.82, 2.24) is 10.0 Å². The van der Waals surface area contributed by atoms with Crippen molar-refractivity contribution in [3.8, 4) is 0 Å². The van der Waals surface area contributed by atoms with E-state index in [2.05, 4.69) is 10.0 Å². The zero-order chi connectivity index (χ0) is 13.7. The number of nitrogens with one attached hydrogen (secondary N) is 2. The molecule has 4 nitrogen and oxygen atoms in total. The highest BCUT2D eigenvalue weighted by Gasteiger charge is 2.19. The minimum absolute atomic E-state index is 0.281. The van der Waals surface area contributed by atoms with E-state index in [1.165, 1.54) is 18.2 Å². The maximum atomic E-state index is 13.4. The summed E-state index contributed by atoms with van der Waals surface area (Å²) in [6.07, 6.45) is 3.03. The molecule has 0 spiro atoms. The molecule has 0 aliphatic carbocycles. The van der Waals surface area contributed by atoms with Gasteiger partial charge in [0, 0.05) is 6.54 Å². The SMILES string of the molecule is O=S(=O)(NCCC1CCCNC1)c1ccccc1F. The van der Waals surface area contributed by atoms with Crippen molar-refractivity contribution >= 4 is 10.0 Å². The lowest BCUT2D eigenvalue weighted by Crippen LogP contribution is -2.33. The van der Waals surface area contributed by atoms with E-state index in [0.29, 0.717) is 12.5 Å². The summed E-state index contributed by atoms with van der Waals surface area (Å²) in [5.74, 6) is -0.216. The third kappa shape index (κ3) is 3.99. The van der Waals surface area contributed by atoms with Crippen LogP contribution in [0.2, 0.25) is 0 Å². The van der Waals surface area contributed by atoms with Gasteiger partial charge in [-0.2, -0.15) is 0 Å². The molecule has 1 heterocycles. The van der Waals surface area contributed by atoms with Crippen molar-refractivity contribution in [2.75, 3.05) is 19.6 Å². The Kier molecular flexibility index (Phi) is 4.90. The summed E-state index contributed by atoms with van der Waals surface area (Å²) in [6.45, 7) is 2.32. The average molecular weight is 286 g/mol. The van der Waals surface area contributed by atoms with E-state index in [1.54, 1.807) is 0 Å². The van der Waals surface area contributed by atoms with E-state index < -0.39 is 15.8 Å². The average Bonchev–Trinajstić information content (AvgIpc) is 2.40. The first-order valence-electron chi connectivity index (χ1n) is 6.54. The molecule has 106 valence electrons. The molecule has 0 amide bonds. The van der Waals surface area contributed by atoms with Gasteiger partial charge in [-0.25, -0.2) is 17.5 Å². The van der Waals surface area contributed by atoms with Crippen LogP contribution >= 0.6 is 0 Å². The topological polar surface area (TPSA) is 58.2 Å². The lowest BCUT2D eigenvalue weighted by Gasteiger charge is -2.22. The minimum Gasteiger partial charge on any atom is -0.316 e. The Balaban J connectivity index is 1.89. The Morgan fingerprint density at radius 2 is 2.16 bits per heavy atom. The molecule has 2 N–H and O–H groups in total. The predicted molar refractivity (Wildman–Crippen MR) is 71.8 cm³/mol. The number of halogens is 1. The summed E-state index contributed by atoms with van der Waals surface area (Å²) < 4.78 is 39.8. The van der Waals surface area contributed by atoms with Crippen LogP contribution in [0.1, 0.15) is 19.3 Å². The molecular formula is C13H19FN2O2S. The smallest absolute Gasteiger partial charge is 0.243 e. The van der Waals surface area contributed by atoms with Crippen LogP contribution in [0, 0.1) is 11.7 Å². The number of benzene rings is 1. The Hall–Kier alpha value is -0.980. The van der Waals surface area contributed by atoms with Gasteiger partial charge in [-0.3, -0.25) is 0 Å². The Morgan fingerprint density at radius 3 is 2.84 bits per heavy atom. The summed E-state index contributed by atoms with van der Waals surface area (Å²) in [6, 6.07) is 5.42. The van der Waals surface area contributed by atoms with Crippen LogP contribution in [0.5, 0.6) is 0 Å². The lowest BCUT2D eigenvalue weighted by atomic mass is 9.96. The number of sulfonamides is 1. The summed E-state index contributed by atoms with van der Waals surface area (Å²) in [4.78, 5) is -0.281. The molecule has 0 radical (unpaired) electrons. The molecule has 1 unspecified atom stereocenters. The Morgan fingerprint density at radius 1 is 1.37 bits per heavy atom. The van der Waals surface area contributed by atoms with E-state index >= 15 is 0 Å². The molecule has 1 atom stereocenters. The largest absolute Gasteiger partial charge is 0.316 e. The first kappa shape index (κ1) is 14.4. The van der Waals surface area contributed by atoms with Crippen LogP contribution in [0.25, 0.3) is 0 Å². The Bertz CT molecular complexity index is 513. The second-order valence-electron chi connectivity index (χ2n) is 4.83. The third-order valence-electron chi connectivity index (χ3n) is 3.37. The fraction of sp³-hybridized carbons (Fsp3) is 0.538. The third-order valence-corrected chi connectivity index (χ3v) is 4.86. The van der Waals surface area contributed by atoms with Gasteiger partial charge >= 0.3 is 0 Å². The normalized spacial score (nSPS) is 20.4. The standard InChI is InChI=1S/C13H19FN2O2S/c14-12-5-1-2-6-13(12)19(17,18)16-9-7-11-4-3-8-15-10-11/h1-2,5-6,11,15-16H,3-4,7-10H2. The first-order chi connectivity index (χ1) is 9.09. The fourth-order valence-corrected chi connectivity index (χ4v) is 3.43. The molecule has 19 heavy (non-hydrogen) atoms. The number of hydrogen-bond acceptors (Lipinski definition) is 3. The van der Waals surface area contributed by atoms with Gasteiger partial charge < -0.3 is 5.32 Å². The van der Waals surface area contributed by atoms with Gasteiger partial charge in [-0.1, -0.05) is 12.1 Å². The lowest BCUT2D eigenvalue weighted by molar-refractivity contribution is 0.358. The van der Waals surface area contributed by atoms with Crippen molar-refractivity contribution in [2.45, 2.75) is 24.2 Å². The monoisotopic (exact) mass is 286 g/mol. The number of rotatable bonds is 5. The van der Waals surface area contributed by atoms with Crippen LogP contribution in [-0.2, 0) is 10.0 Å². The fourth-order valence-electron chi connectivity index (χ4n) is 2.31. The second kappa shape index (κ2) is 6.45. The van der Waals surface area contributed by atoms with Crippen LogP contribution in [-0.4, -0.2) is 28.1 Å². The van der Waals surface area contributed by atoms with Gasteiger partial charge in [-0.05, 0) is 50.4 Å². The second-order valence-corrected chi connectivity index (χ2v) is 6.56. The van der Waals surface area contributed by atoms with Gasteiger partial charge in [0.15, 0.2) is 0 Å². The first-order valence-corrected chi connectivity index (χ1v) is 8.03. The molecular weight excluding hydrogens is 267 g/mol. The van der Waals surface area contributed by atoms with Crippen molar-refractivity contribution in [2.24, 2.45) is 5.92 Å². The van der Waals surface area contributed by atoms with Gasteiger partial charge in [0.1, 0.15) is 10.7 Å². The molecule has 1 aliphatic rings. The van der Waals surface area contributed by atoms with Gasteiger partial charge in [0.25, 0.3) is 0 Å². The summed E-state index contributed by atoms with van der Waals surface area (Å²) in [5, 5.41) is 3.29. The summed E-state index contributed by atoms with van der Waals surface area (Å²) in [5.41, 5.74) is 0. The molecule has 1 saturated heterocycles. The highest BCUT2D eigenvalue weighted by molar-refractivity contribution is 7.89. The van der Waals surface area contributed by atoms with E-state index in [1.807, 2.05) is 0 Å². The van der Waals surface area contributed by atoms with Crippen LogP contribution in [0.15, 0.2) is 29.2 Å². The molecule has 0 saturated carbocycles. The van der Waals surface area contributed by atoms with E-state index in [9.17, 15) is 12.8 Å². The maximum absolute atomic E-state index is 13.4.